The van der Waals surface area contributed by atoms with Gasteiger partial charge in [0.2, 0.25) is 0 Å². The Morgan fingerprint density at radius 1 is 1.25 bits per heavy atom. The van der Waals surface area contributed by atoms with Crippen LogP contribution in [0.4, 0.5) is 4.79 Å². The second-order valence-electron chi connectivity index (χ2n) is 5.34. The van der Waals surface area contributed by atoms with Crippen molar-refractivity contribution in [3.8, 4) is 0 Å². The van der Waals surface area contributed by atoms with Crippen molar-refractivity contribution >= 4 is 17.7 Å². The first-order valence-corrected chi connectivity index (χ1v) is 6.96. The normalized spacial score (nSPS) is 10.4. The Kier molecular flexibility index (Phi) is 9.01. The van der Waals surface area contributed by atoms with Gasteiger partial charge in [0.1, 0.15) is 5.60 Å². The Bertz CT molecular complexity index is 385. The van der Waals surface area contributed by atoms with Crippen molar-refractivity contribution in [3.05, 3.63) is 34.9 Å². The van der Waals surface area contributed by atoms with Gasteiger partial charge in [-0.3, -0.25) is 0 Å². The fourth-order valence-electron chi connectivity index (χ4n) is 1.39. The van der Waals surface area contributed by atoms with Crippen LogP contribution in [0.5, 0.6) is 0 Å². The molecule has 0 spiro atoms. The summed E-state index contributed by atoms with van der Waals surface area (Å²) in [5, 5.41) is 9.35. The molecule has 4 nitrogen and oxygen atoms in total. The number of primary amides is 1. The van der Waals surface area contributed by atoms with E-state index >= 15 is 0 Å². The van der Waals surface area contributed by atoms with Crippen molar-refractivity contribution in [3.63, 3.8) is 0 Å². The Morgan fingerprint density at radius 2 is 1.80 bits per heavy atom. The Balaban J connectivity index is 0.000000396. The molecule has 0 aromatic heterocycles. The van der Waals surface area contributed by atoms with Crippen molar-refractivity contribution in [1.82, 2.24) is 0 Å². The predicted molar refractivity (Wildman–Crippen MR) is 81.9 cm³/mol. The molecular weight excluding hydrogens is 278 g/mol. The number of carbonyl (C=O) groups is 1. The van der Waals surface area contributed by atoms with E-state index in [0.29, 0.717) is 0 Å². The lowest BCUT2D eigenvalue weighted by Crippen LogP contribution is -2.27. The number of aliphatic hydroxyl groups excluding tert-OH is 1. The molecule has 0 fully saturated rings. The van der Waals surface area contributed by atoms with Gasteiger partial charge >= 0.3 is 6.09 Å². The summed E-state index contributed by atoms with van der Waals surface area (Å²) in [6.07, 6.45) is 2.22. The molecule has 1 amide bonds. The van der Waals surface area contributed by atoms with Gasteiger partial charge < -0.3 is 15.6 Å². The van der Waals surface area contributed by atoms with Crippen molar-refractivity contribution < 1.29 is 14.6 Å². The predicted octanol–water partition coefficient (Wildman–Crippen LogP) is 3.54. The SMILES string of the molecule is CC(C)(C)OC(N)=O.OCCCCc1ccc(Cl)cc1. The molecule has 0 aliphatic carbocycles. The summed E-state index contributed by atoms with van der Waals surface area (Å²) < 4.78 is 4.58. The van der Waals surface area contributed by atoms with Crippen LogP contribution in [0.1, 0.15) is 39.2 Å². The molecule has 0 aliphatic heterocycles. The molecule has 1 aromatic rings. The average molecular weight is 302 g/mol. The fraction of sp³-hybridized carbons (Fsp3) is 0.533. The number of nitrogens with two attached hydrogens (primary N) is 1. The highest BCUT2D eigenvalue weighted by Gasteiger charge is 2.12. The minimum absolute atomic E-state index is 0.285. The average Bonchev–Trinajstić information content (AvgIpc) is 2.29. The summed E-state index contributed by atoms with van der Waals surface area (Å²) in [5.41, 5.74) is 5.55. The number of amides is 1. The largest absolute Gasteiger partial charge is 0.444 e. The number of benzene rings is 1. The molecule has 3 N–H and O–H groups in total. The molecule has 0 heterocycles. The van der Waals surface area contributed by atoms with Crippen LogP contribution in [0.25, 0.3) is 0 Å². The van der Waals surface area contributed by atoms with E-state index in [1.807, 2.05) is 24.3 Å². The molecule has 1 rings (SSSR count). The highest BCUT2D eigenvalue weighted by Crippen LogP contribution is 2.11. The molecule has 114 valence electrons. The van der Waals surface area contributed by atoms with E-state index in [4.69, 9.17) is 22.4 Å². The third-order valence-electron chi connectivity index (χ3n) is 2.19. The summed E-state index contributed by atoms with van der Waals surface area (Å²) in [7, 11) is 0. The smallest absolute Gasteiger partial charge is 0.405 e. The molecule has 20 heavy (non-hydrogen) atoms. The number of halogens is 1. The van der Waals surface area contributed by atoms with Crippen LogP contribution in [-0.4, -0.2) is 23.4 Å². The monoisotopic (exact) mass is 301 g/mol. The van der Waals surface area contributed by atoms with E-state index < -0.39 is 11.7 Å². The zero-order valence-electron chi connectivity index (χ0n) is 12.4. The minimum atomic E-state index is -0.725. The molecule has 1 aromatic carbocycles. The van der Waals surface area contributed by atoms with Crippen LogP contribution in [-0.2, 0) is 11.2 Å². The van der Waals surface area contributed by atoms with E-state index in [1.165, 1.54) is 5.56 Å². The number of hydrogen-bond donors (Lipinski definition) is 2. The van der Waals surface area contributed by atoms with Gasteiger partial charge in [0.15, 0.2) is 0 Å². The minimum Gasteiger partial charge on any atom is -0.444 e. The maximum Gasteiger partial charge on any atom is 0.405 e. The Hall–Kier alpha value is -1.26. The van der Waals surface area contributed by atoms with Gasteiger partial charge in [-0.2, -0.15) is 0 Å². The van der Waals surface area contributed by atoms with Crippen LogP contribution in [0, 0.1) is 0 Å². The van der Waals surface area contributed by atoms with Gasteiger partial charge in [-0.15, -0.1) is 0 Å². The maximum absolute atomic E-state index is 10.0. The number of aryl methyl sites for hydroxylation is 1. The van der Waals surface area contributed by atoms with E-state index in [9.17, 15) is 4.79 Å². The molecule has 5 heteroatoms. The van der Waals surface area contributed by atoms with E-state index in [0.717, 1.165) is 24.3 Å². The summed E-state index contributed by atoms with van der Waals surface area (Å²) in [4.78, 5) is 10.0. The van der Waals surface area contributed by atoms with Crippen molar-refractivity contribution in [2.24, 2.45) is 5.73 Å². The Morgan fingerprint density at radius 3 is 2.15 bits per heavy atom. The second kappa shape index (κ2) is 9.61. The molecule has 0 aliphatic rings. The maximum atomic E-state index is 10.0. The third-order valence-corrected chi connectivity index (χ3v) is 2.45. The zero-order chi connectivity index (χ0) is 15.6. The number of carbonyl (C=O) groups excluding carboxylic acids is 1. The number of rotatable bonds is 4. The Labute approximate surface area is 125 Å². The fourth-order valence-corrected chi connectivity index (χ4v) is 1.52. The molecule has 0 saturated carbocycles. The van der Waals surface area contributed by atoms with Gasteiger partial charge in [-0.05, 0) is 57.7 Å². The number of ether oxygens (including phenoxy) is 1. The number of aliphatic hydroxyl groups is 1. The van der Waals surface area contributed by atoms with Gasteiger partial charge in [0, 0.05) is 11.6 Å². The summed E-state index contributed by atoms with van der Waals surface area (Å²) in [5.74, 6) is 0. The topological polar surface area (TPSA) is 72.5 Å². The van der Waals surface area contributed by atoms with Crippen LogP contribution in [0.2, 0.25) is 5.02 Å². The molecular formula is C15H24ClNO3. The van der Waals surface area contributed by atoms with Gasteiger partial charge in [-0.1, -0.05) is 23.7 Å². The first-order valence-electron chi connectivity index (χ1n) is 6.58. The second-order valence-corrected chi connectivity index (χ2v) is 5.78. The molecule has 0 unspecified atom stereocenters. The van der Waals surface area contributed by atoms with E-state index in [1.54, 1.807) is 20.8 Å². The summed E-state index contributed by atoms with van der Waals surface area (Å²) >= 11 is 5.73. The number of unbranched alkanes of at least 4 members (excludes halogenated alkanes) is 1. The lowest BCUT2D eigenvalue weighted by Gasteiger charge is -2.16. The lowest BCUT2D eigenvalue weighted by atomic mass is 10.1. The van der Waals surface area contributed by atoms with Crippen molar-refractivity contribution in [2.45, 2.75) is 45.6 Å². The van der Waals surface area contributed by atoms with E-state index in [-0.39, 0.29) is 6.61 Å². The quantitative estimate of drug-likeness (QED) is 0.836. The van der Waals surface area contributed by atoms with E-state index in [2.05, 4.69) is 4.74 Å². The van der Waals surface area contributed by atoms with Crippen LogP contribution >= 0.6 is 11.6 Å². The summed E-state index contributed by atoms with van der Waals surface area (Å²) in [6, 6.07) is 7.85. The van der Waals surface area contributed by atoms with Gasteiger partial charge in [0.25, 0.3) is 0 Å². The highest BCUT2D eigenvalue weighted by atomic mass is 35.5. The van der Waals surface area contributed by atoms with Gasteiger partial charge in [0.05, 0.1) is 0 Å². The number of hydrogen-bond acceptors (Lipinski definition) is 3. The molecule has 0 bridgehead atoms. The first kappa shape index (κ1) is 18.7. The van der Waals surface area contributed by atoms with Crippen molar-refractivity contribution in [2.75, 3.05) is 6.61 Å². The van der Waals surface area contributed by atoms with Crippen LogP contribution in [0.3, 0.4) is 0 Å². The molecule has 0 atom stereocenters. The standard InChI is InChI=1S/C10H13ClO.C5H11NO2/c11-10-6-4-9(5-7-10)3-1-2-8-12;1-5(2,3)8-4(6)7/h4-7,12H,1-3,8H2;1-3H3,(H2,6,7). The molecule has 0 radical (unpaired) electrons. The third kappa shape index (κ3) is 11.8. The van der Waals surface area contributed by atoms with Gasteiger partial charge in [-0.25, -0.2) is 4.79 Å². The molecule has 0 saturated heterocycles. The van der Waals surface area contributed by atoms with Crippen LogP contribution < -0.4 is 5.73 Å². The van der Waals surface area contributed by atoms with Crippen LogP contribution in [0.15, 0.2) is 24.3 Å². The summed E-state index contributed by atoms with van der Waals surface area (Å²) in [6.45, 7) is 5.57. The zero-order valence-corrected chi connectivity index (χ0v) is 13.1. The first-order chi connectivity index (χ1) is 9.24. The highest BCUT2D eigenvalue weighted by molar-refractivity contribution is 6.30. The lowest BCUT2D eigenvalue weighted by molar-refractivity contribution is 0.0600. The van der Waals surface area contributed by atoms with Crippen molar-refractivity contribution in [1.29, 1.82) is 0 Å².